The minimum Gasteiger partial charge on any atom is -0.507 e. The summed E-state index contributed by atoms with van der Waals surface area (Å²) in [6.07, 6.45) is -4.80. The standard InChI is InChI=1S/C8H6F3NO3/c1-4-2-7(13)5(8(9,10)11)3-6(4)12(14)15/h2-3,13H,1H3. The van der Waals surface area contributed by atoms with Crippen molar-refractivity contribution in [1.82, 2.24) is 0 Å². The summed E-state index contributed by atoms with van der Waals surface area (Å²) in [6, 6.07) is 1.05. The summed E-state index contributed by atoms with van der Waals surface area (Å²) >= 11 is 0. The molecule has 0 saturated heterocycles. The number of benzene rings is 1. The minimum absolute atomic E-state index is 0.0227. The maximum absolute atomic E-state index is 12.2. The maximum atomic E-state index is 12.2. The first-order valence-electron chi connectivity index (χ1n) is 3.78. The highest BCUT2D eigenvalue weighted by molar-refractivity contribution is 5.50. The average molecular weight is 221 g/mol. The van der Waals surface area contributed by atoms with Crippen LogP contribution in [0.25, 0.3) is 0 Å². The van der Waals surface area contributed by atoms with Crippen LogP contribution in [-0.4, -0.2) is 10.0 Å². The van der Waals surface area contributed by atoms with Crippen LogP contribution in [-0.2, 0) is 6.18 Å². The lowest BCUT2D eigenvalue weighted by Crippen LogP contribution is -2.06. The fourth-order valence-electron chi connectivity index (χ4n) is 1.11. The van der Waals surface area contributed by atoms with Crippen LogP contribution >= 0.6 is 0 Å². The number of alkyl halides is 3. The molecule has 4 nitrogen and oxygen atoms in total. The maximum Gasteiger partial charge on any atom is 0.420 e. The van der Waals surface area contributed by atoms with Crippen LogP contribution in [0.5, 0.6) is 5.75 Å². The molecule has 0 aliphatic rings. The van der Waals surface area contributed by atoms with Gasteiger partial charge in [-0.15, -0.1) is 0 Å². The van der Waals surface area contributed by atoms with Crippen molar-refractivity contribution in [3.8, 4) is 5.75 Å². The highest BCUT2D eigenvalue weighted by Gasteiger charge is 2.36. The molecular formula is C8H6F3NO3. The fourth-order valence-corrected chi connectivity index (χ4v) is 1.11. The van der Waals surface area contributed by atoms with Gasteiger partial charge in [-0.3, -0.25) is 10.1 Å². The number of nitro groups is 1. The fraction of sp³-hybridized carbons (Fsp3) is 0.250. The first kappa shape index (κ1) is 11.3. The molecule has 0 aromatic heterocycles. The van der Waals surface area contributed by atoms with Crippen molar-refractivity contribution < 1.29 is 23.2 Å². The van der Waals surface area contributed by atoms with Gasteiger partial charge in [0.15, 0.2) is 0 Å². The van der Waals surface area contributed by atoms with Crippen LogP contribution in [0, 0.1) is 17.0 Å². The highest BCUT2D eigenvalue weighted by Crippen LogP contribution is 2.38. The monoisotopic (exact) mass is 221 g/mol. The van der Waals surface area contributed by atoms with Crippen LogP contribution in [0.2, 0.25) is 0 Å². The quantitative estimate of drug-likeness (QED) is 0.585. The predicted octanol–water partition coefficient (Wildman–Crippen LogP) is 2.63. The molecule has 1 aromatic carbocycles. The minimum atomic E-state index is -4.80. The number of rotatable bonds is 1. The van der Waals surface area contributed by atoms with Gasteiger partial charge in [-0.25, -0.2) is 0 Å². The van der Waals surface area contributed by atoms with Crippen molar-refractivity contribution in [3.63, 3.8) is 0 Å². The highest BCUT2D eigenvalue weighted by atomic mass is 19.4. The molecule has 1 rings (SSSR count). The summed E-state index contributed by atoms with van der Waals surface area (Å²) in [5.74, 6) is -1.01. The Bertz CT molecular complexity index is 414. The predicted molar refractivity (Wildman–Crippen MR) is 44.5 cm³/mol. The molecule has 1 N–H and O–H groups in total. The van der Waals surface area contributed by atoms with Gasteiger partial charge in [0.2, 0.25) is 0 Å². The van der Waals surface area contributed by atoms with Gasteiger partial charge in [0, 0.05) is 11.6 Å². The van der Waals surface area contributed by atoms with Crippen LogP contribution in [0.1, 0.15) is 11.1 Å². The molecule has 0 radical (unpaired) electrons. The van der Waals surface area contributed by atoms with Crippen molar-refractivity contribution in [2.24, 2.45) is 0 Å². The number of phenols is 1. The molecule has 0 aliphatic carbocycles. The largest absolute Gasteiger partial charge is 0.507 e. The Balaban J connectivity index is 3.43. The first-order chi connectivity index (χ1) is 6.73. The summed E-state index contributed by atoms with van der Waals surface area (Å²) < 4.78 is 36.7. The van der Waals surface area contributed by atoms with Gasteiger partial charge in [0.05, 0.1) is 4.92 Å². The Labute approximate surface area is 82.1 Å². The van der Waals surface area contributed by atoms with Crippen LogP contribution < -0.4 is 0 Å². The second kappa shape index (κ2) is 3.41. The molecular weight excluding hydrogens is 215 g/mol. The summed E-state index contributed by atoms with van der Waals surface area (Å²) in [6.45, 7) is 1.25. The number of aryl methyl sites for hydroxylation is 1. The molecule has 0 aliphatic heterocycles. The van der Waals surface area contributed by atoms with Gasteiger partial charge in [-0.1, -0.05) is 0 Å². The van der Waals surface area contributed by atoms with E-state index < -0.39 is 28.1 Å². The molecule has 0 amide bonds. The third kappa shape index (κ3) is 2.17. The van der Waals surface area contributed by atoms with Gasteiger partial charge in [-0.2, -0.15) is 13.2 Å². The lowest BCUT2D eigenvalue weighted by Gasteiger charge is -2.09. The topological polar surface area (TPSA) is 63.4 Å². The Morgan fingerprint density at radius 1 is 1.40 bits per heavy atom. The number of phenolic OH excluding ortho intramolecular Hbond substituents is 1. The molecule has 0 fully saturated rings. The summed E-state index contributed by atoms with van der Waals surface area (Å²) in [5.41, 5.74) is -2.09. The first-order valence-corrected chi connectivity index (χ1v) is 3.78. The molecule has 7 heteroatoms. The van der Waals surface area contributed by atoms with Crippen LogP contribution in [0.15, 0.2) is 12.1 Å². The van der Waals surface area contributed by atoms with Crippen molar-refractivity contribution in [2.45, 2.75) is 13.1 Å². The van der Waals surface area contributed by atoms with Crippen LogP contribution in [0.3, 0.4) is 0 Å². The van der Waals surface area contributed by atoms with Crippen molar-refractivity contribution in [3.05, 3.63) is 33.4 Å². The smallest absolute Gasteiger partial charge is 0.420 e. The molecule has 0 bridgehead atoms. The molecule has 15 heavy (non-hydrogen) atoms. The van der Waals surface area contributed by atoms with Gasteiger partial charge in [-0.05, 0) is 13.0 Å². The van der Waals surface area contributed by atoms with Gasteiger partial charge < -0.3 is 5.11 Å². The second-order valence-corrected chi connectivity index (χ2v) is 2.91. The van der Waals surface area contributed by atoms with Crippen molar-refractivity contribution in [2.75, 3.05) is 0 Å². The lowest BCUT2D eigenvalue weighted by molar-refractivity contribution is -0.385. The van der Waals surface area contributed by atoms with Crippen molar-refractivity contribution >= 4 is 5.69 Å². The van der Waals surface area contributed by atoms with Crippen molar-refractivity contribution in [1.29, 1.82) is 0 Å². The molecule has 0 unspecified atom stereocenters. The zero-order valence-electron chi connectivity index (χ0n) is 7.50. The molecule has 82 valence electrons. The summed E-state index contributed by atoms with van der Waals surface area (Å²) in [4.78, 5) is 9.44. The molecule has 0 atom stereocenters. The number of halogens is 3. The number of hydrogen-bond acceptors (Lipinski definition) is 3. The summed E-state index contributed by atoms with van der Waals surface area (Å²) in [5, 5.41) is 19.4. The Morgan fingerprint density at radius 2 is 1.93 bits per heavy atom. The second-order valence-electron chi connectivity index (χ2n) is 2.91. The third-order valence-electron chi connectivity index (χ3n) is 1.82. The molecule has 0 saturated carbocycles. The van der Waals surface area contributed by atoms with E-state index in [0.29, 0.717) is 6.07 Å². The number of aromatic hydroxyl groups is 1. The SMILES string of the molecule is Cc1cc(O)c(C(F)(F)F)cc1[N+](=O)[O-]. The molecule has 0 heterocycles. The van der Waals surface area contributed by atoms with E-state index in [4.69, 9.17) is 5.11 Å². The molecule has 1 aromatic rings. The number of nitrogens with zero attached hydrogens (tertiary/aromatic N) is 1. The third-order valence-corrected chi connectivity index (χ3v) is 1.82. The number of hydrogen-bond donors (Lipinski definition) is 1. The average Bonchev–Trinajstić information content (AvgIpc) is 2.00. The summed E-state index contributed by atoms with van der Waals surface area (Å²) in [7, 11) is 0. The van der Waals surface area contributed by atoms with Gasteiger partial charge in [0.1, 0.15) is 11.3 Å². The Hall–Kier alpha value is -1.79. The van der Waals surface area contributed by atoms with E-state index in [9.17, 15) is 23.3 Å². The van der Waals surface area contributed by atoms with E-state index in [-0.39, 0.29) is 5.56 Å². The van der Waals surface area contributed by atoms with E-state index in [2.05, 4.69) is 0 Å². The lowest BCUT2D eigenvalue weighted by atomic mass is 10.1. The van der Waals surface area contributed by atoms with E-state index in [1.54, 1.807) is 0 Å². The Morgan fingerprint density at radius 3 is 2.33 bits per heavy atom. The van der Waals surface area contributed by atoms with E-state index in [1.165, 1.54) is 6.92 Å². The Kier molecular flexibility index (Phi) is 2.57. The molecule has 0 spiro atoms. The normalized spacial score (nSPS) is 11.5. The van der Waals surface area contributed by atoms with E-state index in [1.807, 2.05) is 0 Å². The van der Waals surface area contributed by atoms with E-state index in [0.717, 1.165) is 6.07 Å². The van der Waals surface area contributed by atoms with Gasteiger partial charge >= 0.3 is 6.18 Å². The zero-order chi connectivity index (χ0) is 11.8. The van der Waals surface area contributed by atoms with E-state index >= 15 is 0 Å². The number of nitro benzene ring substituents is 1. The van der Waals surface area contributed by atoms with Gasteiger partial charge in [0.25, 0.3) is 5.69 Å². The zero-order valence-corrected chi connectivity index (χ0v) is 7.50. The van der Waals surface area contributed by atoms with Crippen LogP contribution in [0.4, 0.5) is 18.9 Å².